The van der Waals surface area contributed by atoms with Crippen LogP contribution in [0.25, 0.3) is 0 Å². The quantitative estimate of drug-likeness (QED) is 0.629. The zero-order valence-corrected chi connectivity index (χ0v) is 13.9. The van der Waals surface area contributed by atoms with Gasteiger partial charge < -0.3 is 0 Å². The molecule has 0 aliphatic heterocycles. The molecule has 3 rings (SSSR count). The normalized spacial score (nSPS) is 30.8. The van der Waals surface area contributed by atoms with Crippen LogP contribution >= 0.6 is 15.9 Å². The third kappa shape index (κ3) is 2.03. The Morgan fingerprint density at radius 1 is 1.25 bits per heavy atom. The van der Waals surface area contributed by atoms with Gasteiger partial charge in [-0.2, -0.15) is 5.10 Å². The maximum absolute atomic E-state index is 4.42. The fourth-order valence-electron chi connectivity index (χ4n) is 3.58. The van der Waals surface area contributed by atoms with Gasteiger partial charge in [-0.25, -0.2) is 0 Å². The molecule has 3 heteroatoms. The highest BCUT2D eigenvalue weighted by atomic mass is 79.9. The van der Waals surface area contributed by atoms with E-state index >= 15 is 0 Å². The van der Waals surface area contributed by atoms with E-state index in [2.05, 4.69) is 65.4 Å². The first-order chi connectivity index (χ1) is 9.43. The number of hydrogen-bond acceptors (Lipinski definition) is 2. The van der Waals surface area contributed by atoms with Crippen molar-refractivity contribution < 1.29 is 0 Å². The number of rotatable bonds is 3. The molecule has 1 saturated carbocycles. The Bertz CT molecular complexity index is 571. The van der Waals surface area contributed by atoms with E-state index in [1.54, 1.807) is 0 Å². The molecule has 0 heterocycles. The third-order valence-corrected chi connectivity index (χ3v) is 6.06. The highest BCUT2D eigenvalue weighted by Crippen LogP contribution is 2.64. The molecule has 0 unspecified atom stereocenters. The predicted octanol–water partition coefficient (Wildman–Crippen LogP) is 4.71. The van der Waals surface area contributed by atoms with Crippen LogP contribution in [0.1, 0.15) is 39.2 Å². The average molecular weight is 333 g/mol. The van der Waals surface area contributed by atoms with Gasteiger partial charge in [0.15, 0.2) is 0 Å². The second-order valence-electron chi connectivity index (χ2n) is 6.70. The number of halogens is 1. The standard InChI is InChI=1S/C17H21BrN2/c1-16(2)13-8-9-17(16,3)15(10-13)20-19-11-12-4-6-14(18)7-5-12/h4-7,10-11,13,20H,8-9H2,1-3H3/b19-11-/t13-,17-/m0/s1. The van der Waals surface area contributed by atoms with E-state index in [0.29, 0.717) is 11.3 Å². The monoisotopic (exact) mass is 332 g/mol. The molecule has 1 aromatic rings. The molecule has 2 atom stereocenters. The van der Waals surface area contributed by atoms with Crippen LogP contribution in [-0.4, -0.2) is 6.21 Å². The van der Waals surface area contributed by atoms with E-state index < -0.39 is 0 Å². The lowest BCUT2D eigenvalue weighted by Gasteiger charge is -2.36. The lowest BCUT2D eigenvalue weighted by Crippen LogP contribution is -2.33. The van der Waals surface area contributed by atoms with E-state index in [4.69, 9.17) is 0 Å². The fourth-order valence-corrected chi connectivity index (χ4v) is 3.85. The van der Waals surface area contributed by atoms with Gasteiger partial charge >= 0.3 is 0 Å². The molecule has 0 amide bonds. The van der Waals surface area contributed by atoms with Gasteiger partial charge in [0.2, 0.25) is 0 Å². The lowest BCUT2D eigenvalue weighted by atomic mass is 9.69. The van der Waals surface area contributed by atoms with Gasteiger partial charge in [0.05, 0.1) is 6.21 Å². The van der Waals surface area contributed by atoms with Crippen molar-refractivity contribution in [2.45, 2.75) is 33.6 Å². The third-order valence-electron chi connectivity index (χ3n) is 5.54. The SMILES string of the molecule is CC1(C)[C@@H]2C=C(N/N=C\c3ccc(Br)cc3)[C@]1(C)CC2. The minimum Gasteiger partial charge on any atom is -0.282 e. The highest BCUT2D eigenvalue weighted by molar-refractivity contribution is 9.10. The van der Waals surface area contributed by atoms with Gasteiger partial charge in [-0.05, 0) is 41.9 Å². The van der Waals surface area contributed by atoms with Gasteiger partial charge in [-0.15, -0.1) is 0 Å². The first-order valence-corrected chi connectivity index (χ1v) is 8.00. The Morgan fingerprint density at radius 3 is 2.50 bits per heavy atom. The van der Waals surface area contributed by atoms with Crippen LogP contribution in [0, 0.1) is 16.7 Å². The molecule has 2 bridgehead atoms. The Hall–Kier alpha value is -1.09. The molecule has 1 N–H and O–H groups in total. The lowest BCUT2D eigenvalue weighted by molar-refractivity contribution is 0.164. The number of hydrogen-bond donors (Lipinski definition) is 1. The molecule has 1 fully saturated rings. The topological polar surface area (TPSA) is 24.4 Å². The Balaban J connectivity index is 1.71. The van der Waals surface area contributed by atoms with Gasteiger partial charge in [-0.3, -0.25) is 5.43 Å². The van der Waals surface area contributed by atoms with Crippen molar-refractivity contribution in [2.24, 2.45) is 21.8 Å². The molecule has 2 aliphatic rings. The zero-order valence-electron chi connectivity index (χ0n) is 12.3. The van der Waals surface area contributed by atoms with Crippen molar-refractivity contribution in [1.82, 2.24) is 5.43 Å². The maximum Gasteiger partial charge on any atom is 0.0544 e. The fraction of sp³-hybridized carbons (Fsp3) is 0.471. The molecule has 1 aromatic carbocycles. The van der Waals surface area contributed by atoms with E-state index in [-0.39, 0.29) is 5.41 Å². The predicted molar refractivity (Wildman–Crippen MR) is 87.6 cm³/mol. The van der Waals surface area contributed by atoms with Crippen molar-refractivity contribution in [2.75, 3.05) is 0 Å². The average Bonchev–Trinajstić information content (AvgIpc) is 2.74. The molecular weight excluding hydrogens is 312 g/mol. The van der Waals surface area contributed by atoms with E-state index in [9.17, 15) is 0 Å². The molecule has 0 spiro atoms. The zero-order chi connectivity index (χ0) is 14.4. The van der Waals surface area contributed by atoms with Crippen molar-refractivity contribution in [3.8, 4) is 0 Å². The first kappa shape index (κ1) is 13.9. The number of nitrogens with one attached hydrogen (secondary N) is 1. The van der Waals surface area contributed by atoms with Gasteiger partial charge in [0, 0.05) is 15.6 Å². The number of benzene rings is 1. The molecule has 20 heavy (non-hydrogen) atoms. The smallest absolute Gasteiger partial charge is 0.0544 e. The van der Waals surface area contributed by atoms with Crippen molar-refractivity contribution in [1.29, 1.82) is 0 Å². The number of hydrazone groups is 1. The van der Waals surface area contributed by atoms with Gasteiger partial charge in [0.25, 0.3) is 0 Å². The summed E-state index contributed by atoms with van der Waals surface area (Å²) in [5, 5.41) is 4.42. The van der Waals surface area contributed by atoms with E-state index in [1.165, 1.54) is 18.5 Å². The second-order valence-corrected chi connectivity index (χ2v) is 7.62. The van der Waals surface area contributed by atoms with Crippen molar-refractivity contribution in [3.63, 3.8) is 0 Å². The largest absolute Gasteiger partial charge is 0.282 e. The summed E-state index contributed by atoms with van der Waals surface area (Å²) < 4.78 is 1.09. The summed E-state index contributed by atoms with van der Waals surface area (Å²) in [6.07, 6.45) is 6.85. The van der Waals surface area contributed by atoms with Crippen LogP contribution in [0.3, 0.4) is 0 Å². The van der Waals surface area contributed by atoms with E-state index in [0.717, 1.165) is 10.0 Å². The minimum absolute atomic E-state index is 0.245. The summed E-state index contributed by atoms with van der Waals surface area (Å²) >= 11 is 3.44. The molecule has 0 saturated heterocycles. The summed E-state index contributed by atoms with van der Waals surface area (Å²) in [5.74, 6) is 0.692. The van der Waals surface area contributed by atoms with Crippen LogP contribution in [0.5, 0.6) is 0 Å². The summed E-state index contributed by atoms with van der Waals surface area (Å²) in [6, 6.07) is 8.16. The molecule has 106 valence electrons. The Labute approximate surface area is 129 Å². The molecule has 0 radical (unpaired) electrons. The van der Waals surface area contributed by atoms with Crippen LogP contribution in [0.4, 0.5) is 0 Å². The van der Waals surface area contributed by atoms with Crippen LogP contribution in [0.2, 0.25) is 0 Å². The number of allylic oxidation sites excluding steroid dienone is 2. The summed E-state index contributed by atoms with van der Waals surface area (Å²) in [4.78, 5) is 0. The molecular formula is C17H21BrN2. The van der Waals surface area contributed by atoms with E-state index in [1.807, 2.05) is 18.3 Å². The highest BCUT2D eigenvalue weighted by Gasteiger charge is 2.57. The van der Waals surface area contributed by atoms with Crippen molar-refractivity contribution in [3.05, 3.63) is 46.1 Å². The summed E-state index contributed by atoms with van der Waals surface area (Å²) in [7, 11) is 0. The second kappa shape index (κ2) is 4.73. The summed E-state index contributed by atoms with van der Waals surface area (Å²) in [5.41, 5.74) is 6.29. The van der Waals surface area contributed by atoms with Crippen LogP contribution in [0.15, 0.2) is 45.6 Å². The maximum atomic E-state index is 4.42. The Morgan fingerprint density at radius 2 is 1.95 bits per heavy atom. The summed E-state index contributed by atoms with van der Waals surface area (Å²) in [6.45, 7) is 7.14. The van der Waals surface area contributed by atoms with Gasteiger partial charge in [-0.1, -0.05) is 54.9 Å². The molecule has 0 aromatic heterocycles. The van der Waals surface area contributed by atoms with Crippen LogP contribution in [-0.2, 0) is 0 Å². The van der Waals surface area contributed by atoms with Crippen molar-refractivity contribution >= 4 is 22.1 Å². The molecule has 2 aliphatic carbocycles. The van der Waals surface area contributed by atoms with Gasteiger partial charge in [0.1, 0.15) is 0 Å². The number of fused-ring (bicyclic) bond motifs is 2. The Kier molecular flexibility index (Phi) is 3.28. The minimum atomic E-state index is 0.245. The molecule has 2 nitrogen and oxygen atoms in total. The first-order valence-electron chi connectivity index (χ1n) is 7.20. The van der Waals surface area contributed by atoms with Crippen LogP contribution < -0.4 is 5.43 Å². The number of nitrogens with zero attached hydrogens (tertiary/aromatic N) is 1.